The van der Waals surface area contributed by atoms with Crippen molar-refractivity contribution in [3.05, 3.63) is 0 Å². The lowest BCUT2D eigenvalue weighted by Crippen LogP contribution is -2.48. The number of nitrogens with zero attached hydrogens (tertiary/aromatic N) is 2. The summed E-state index contributed by atoms with van der Waals surface area (Å²) in [4.78, 5) is 4.97. The monoisotopic (exact) mass is 184 g/mol. The van der Waals surface area contributed by atoms with E-state index in [2.05, 4.69) is 37.7 Å². The van der Waals surface area contributed by atoms with E-state index >= 15 is 0 Å². The van der Waals surface area contributed by atoms with Crippen molar-refractivity contribution in [2.45, 2.75) is 45.2 Å². The Bertz CT molecular complexity index is 143. The second-order valence-electron chi connectivity index (χ2n) is 4.74. The van der Waals surface area contributed by atoms with Gasteiger partial charge >= 0.3 is 0 Å². The van der Waals surface area contributed by atoms with Crippen LogP contribution in [0, 0.1) is 0 Å². The van der Waals surface area contributed by atoms with Gasteiger partial charge in [0.25, 0.3) is 0 Å². The molecule has 2 heteroatoms. The third-order valence-electron chi connectivity index (χ3n) is 2.91. The number of rotatable bonds is 3. The molecule has 0 unspecified atom stereocenters. The number of likely N-dealkylation sites (tertiary alicyclic amines) is 1. The largest absolute Gasteiger partial charge is 0.308 e. The fourth-order valence-corrected chi connectivity index (χ4v) is 2.32. The van der Waals surface area contributed by atoms with Gasteiger partial charge in [0.05, 0.1) is 0 Å². The number of piperidine rings is 1. The van der Waals surface area contributed by atoms with Gasteiger partial charge in [-0.15, -0.1) is 0 Å². The molecule has 0 spiro atoms. The van der Waals surface area contributed by atoms with Gasteiger partial charge in [0.15, 0.2) is 0 Å². The van der Waals surface area contributed by atoms with Crippen molar-refractivity contribution >= 4 is 0 Å². The average Bonchev–Trinajstić information content (AvgIpc) is 2.03. The van der Waals surface area contributed by atoms with Crippen LogP contribution in [0.1, 0.15) is 33.1 Å². The average molecular weight is 184 g/mol. The zero-order chi connectivity index (χ0) is 9.84. The highest BCUT2D eigenvalue weighted by atomic mass is 15.2. The van der Waals surface area contributed by atoms with Crippen LogP contribution >= 0.6 is 0 Å². The summed E-state index contributed by atoms with van der Waals surface area (Å²) in [6, 6.07) is 1.51. The zero-order valence-electron chi connectivity index (χ0n) is 9.58. The fraction of sp³-hybridized carbons (Fsp3) is 1.00. The summed E-state index contributed by atoms with van der Waals surface area (Å²) in [7, 11) is 4.35. The lowest BCUT2D eigenvalue weighted by Gasteiger charge is -2.39. The van der Waals surface area contributed by atoms with Crippen molar-refractivity contribution in [1.82, 2.24) is 9.80 Å². The van der Waals surface area contributed by atoms with E-state index in [4.69, 9.17) is 0 Å². The van der Waals surface area contributed by atoms with Crippen LogP contribution in [0.15, 0.2) is 0 Å². The summed E-state index contributed by atoms with van der Waals surface area (Å²) in [5.74, 6) is 0. The first-order valence-corrected chi connectivity index (χ1v) is 5.51. The Kier molecular flexibility index (Phi) is 4.20. The first kappa shape index (κ1) is 11.0. The van der Waals surface area contributed by atoms with Crippen LogP contribution < -0.4 is 0 Å². The molecule has 0 saturated carbocycles. The molecule has 0 N–H and O–H groups in total. The van der Waals surface area contributed by atoms with Crippen molar-refractivity contribution in [1.29, 1.82) is 0 Å². The van der Waals surface area contributed by atoms with Gasteiger partial charge in [0, 0.05) is 18.6 Å². The molecule has 2 nitrogen and oxygen atoms in total. The van der Waals surface area contributed by atoms with Crippen molar-refractivity contribution in [2.75, 3.05) is 27.2 Å². The number of likely N-dealkylation sites (N-methyl/N-ethyl adjacent to an activating group) is 1. The standard InChI is InChI=1S/C11H24N2/c1-10(2)13-8-6-5-7-11(13)9-12(3)4/h10-11H,5-9H2,1-4H3/t11-/m0/s1. The molecule has 1 rings (SSSR count). The molecule has 0 aromatic rings. The zero-order valence-corrected chi connectivity index (χ0v) is 9.58. The lowest BCUT2D eigenvalue weighted by molar-refractivity contribution is 0.0910. The molecule has 1 atom stereocenters. The van der Waals surface area contributed by atoms with E-state index in [9.17, 15) is 0 Å². The molecule has 0 aromatic carbocycles. The van der Waals surface area contributed by atoms with Crippen LogP contribution in [-0.4, -0.2) is 49.1 Å². The van der Waals surface area contributed by atoms with E-state index < -0.39 is 0 Å². The molecular formula is C11H24N2. The molecule has 1 saturated heterocycles. The van der Waals surface area contributed by atoms with Crippen LogP contribution in [0.5, 0.6) is 0 Å². The second kappa shape index (κ2) is 4.97. The maximum atomic E-state index is 2.66. The van der Waals surface area contributed by atoms with E-state index in [-0.39, 0.29) is 0 Å². The minimum atomic E-state index is 0.713. The van der Waals surface area contributed by atoms with Crippen LogP contribution in [0.4, 0.5) is 0 Å². The van der Waals surface area contributed by atoms with Gasteiger partial charge in [-0.25, -0.2) is 0 Å². The van der Waals surface area contributed by atoms with Gasteiger partial charge in [-0.2, -0.15) is 0 Å². The van der Waals surface area contributed by atoms with Gasteiger partial charge in [-0.1, -0.05) is 6.42 Å². The van der Waals surface area contributed by atoms with Crippen molar-refractivity contribution in [2.24, 2.45) is 0 Å². The summed E-state index contributed by atoms with van der Waals surface area (Å²) >= 11 is 0. The minimum Gasteiger partial charge on any atom is -0.308 e. The first-order valence-electron chi connectivity index (χ1n) is 5.51. The lowest BCUT2D eigenvalue weighted by atomic mass is 10.00. The Labute approximate surface area is 82.9 Å². The van der Waals surface area contributed by atoms with Crippen LogP contribution in [-0.2, 0) is 0 Å². The van der Waals surface area contributed by atoms with Gasteiger partial charge < -0.3 is 4.90 Å². The molecule has 0 bridgehead atoms. The third-order valence-corrected chi connectivity index (χ3v) is 2.91. The van der Waals surface area contributed by atoms with Gasteiger partial charge in [-0.05, 0) is 47.3 Å². The number of hydrogen-bond acceptors (Lipinski definition) is 2. The van der Waals surface area contributed by atoms with Crippen molar-refractivity contribution in [3.63, 3.8) is 0 Å². The number of hydrogen-bond donors (Lipinski definition) is 0. The van der Waals surface area contributed by atoms with Gasteiger partial charge in [0.2, 0.25) is 0 Å². The summed E-state index contributed by atoms with van der Waals surface area (Å²) in [6.07, 6.45) is 4.19. The van der Waals surface area contributed by atoms with E-state index in [1.807, 2.05) is 0 Å². The highest BCUT2D eigenvalue weighted by Gasteiger charge is 2.24. The topological polar surface area (TPSA) is 6.48 Å². The van der Waals surface area contributed by atoms with Gasteiger partial charge in [0.1, 0.15) is 0 Å². The van der Waals surface area contributed by atoms with E-state index in [0.717, 1.165) is 6.04 Å². The Hall–Kier alpha value is -0.0800. The maximum absolute atomic E-state index is 2.66. The quantitative estimate of drug-likeness (QED) is 0.660. The molecule has 0 radical (unpaired) electrons. The Morgan fingerprint density at radius 1 is 1.31 bits per heavy atom. The summed E-state index contributed by atoms with van der Waals surface area (Å²) in [5.41, 5.74) is 0. The van der Waals surface area contributed by atoms with Crippen LogP contribution in [0.3, 0.4) is 0 Å². The Morgan fingerprint density at radius 2 is 2.00 bits per heavy atom. The van der Waals surface area contributed by atoms with Crippen LogP contribution in [0.25, 0.3) is 0 Å². The van der Waals surface area contributed by atoms with E-state index in [0.29, 0.717) is 6.04 Å². The highest BCUT2D eigenvalue weighted by molar-refractivity contribution is 4.80. The molecule has 0 aromatic heterocycles. The normalized spacial score (nSPS) is 25.8. The fourth-order valence-electron chi connectivity index (χ4n) is 2.32. The third kappa shape index (κ3) is 3.28. The van der Waals surface area contributed by atoms with E-state index in [1.165, 1.54) is 32.4 Å². The van der Waals surface area contributed by atoms with Crippen molar-refractivity contribution < 1.29 is 0 Å². The predicted octanol–water partition coefficient (Wildman–Crippen LogP) is 1.81. The molecule has 1 aliphatic heterocycles. The highest BCUT2D eigenvalue weighted by Crippen LogP contribution is 2.19. The molecule has 13 heavy (non-hydrogen) atoms. The van der Waals surface area contributed by atoms with Crippen molar-refractivity contribution in [3.8, 4) is 0 Å². The summed E-state index contributed by atoms with van der Waals surface area (Å²) in [6.45, 7) is 7.15. The molecule has 78 valence electrons. The molecule has 0 aliphatic carbocycles. The summed E-state index contributed by atoms with van der Waals surface area (Å²) in [5, 5.41) is 0. The smallest absolute Gasteiger partial charge is 0.0225 e. The Morgan fingerprint density at radius 3 is 2.54 bits per heavy atom. The first-order chi connectivity index (χ1) is 6.11. The molecule has 1 aliphatic rings. The Balaban J connectivity index is 2.46. The molecule has 1 heterocycles. The molecule has 1 fully saturated rings. The minimum absolute atomic E-state index is 0.713. The summed E-state index contributed by atoms with van der Waals surface area (Å²) < 4.78 is 0. The molecular weight excluding hydrogens is 160 g/mol. The predicted molar refractivity (Wildman–Crippen MR) is 58.0 cm³/mol. The van der Waals surface area contributed by atoms with Crippen LogP contribution in [0.2, 0.25) is 0 Å². The maximum Gasteiger partial charge on any atom is 0.0225 e. The van der Waals surface area contributed by atoms with Gasteiger partial charge in [-0.3, -0.25) is 4.90 Å². The second-order valence-corrected chi connectivity index (χ2v) is 4.74. The molecule has 0 amide bonds. The van der Waals surface area contributed by atoms with E-state index in [1.54, 1.807) is 0 Å². The SMILES string of the molecule is CC(C)N1CCCC[C@H]1CN(C)C.